The predicted octanol–water partition coefficient (Wildman–Crippen LogP) is -0.154. The van der Waals surface area contributed by atoms with Crippen LogP contribution >= 0.6 is 0 Å². The van der Waals surface area contributed by atoms with E-state index in [0.29, 0.717) is 12.3 Å². The van der Waals surface area contributed by atoms with Gasteiger partial charge < -0.3 is 5.73 Å². The Morgan fingerprint density at radius 2 is 2.36 bits per heavy atom. The first-order chi connectivity index (χ1) is 5.09. The van der Waals surface area contributed by atoms with Crippen molar-refractivity contribution in [2.75, 3.05) is 0 Å². The number of nitrogens with two attached hydrogens (primary N) is 1. The van der Waals surface area contributed by atoms with Crippen molar-refractivity contribution in [3.05, 3.63) is 0 Å². The number of carbonyl (C=O) groups is 1. The highest BCUT2D eigenvalue weighted by molar-refractivity contribution is 5.98. The van der Waals surface area contributed by atoms with Crippen LogP contribution in [0.3, 0.4) is 0 Å². The number of nitrogens with zero attached hydrogens (tertiary/aromatic N) is 1. The number of carbonyl (C=O) groups excluding carboxylic acids is 1. The zero-order chi connectivity index (χ0) is 8.43. The van der Waals surface area contributed by atoms with Crippen molar-refractivity contribution in [2.45, 2.75) is 26.3 Å². The van der Waals surface area contributed by atoms with Gasteiger partial charge in [0.25, 0.3) is 0 Å². The maximum Gasteiger partial charge on any atom is 0.228 e. The number of rotatable bonds is 1. The Labute approximate surface area is 65.9 Å². The molecule has 0 saturated heterocycles. The number of hydrogen-bond donors (Lipinski definition) is 2. The second kappa shape index (κ2) is 2.90. The summed E-state index contributed by atoms with van der Waals surface area (Å²) in [5, 5.41) is 2.45. The third-order valence-corrected chi connectivity index (χ3v) is 1.74. The van der Waals surface area contributed by atoms with Crippen molar-refractivity contribution in [1.82, 2.24) is 5.32 Å². The lowest BCUT2D eigenvalue weighted by Gasteiger charge is -2.21. The molecular weight excluding hydrogens is 142 g/mol. The van der Waals surface area contributed by atoms with E-state index in [2.05, 4.69) is 10.3 Å². The van der Waals surface area contributed by atoms with Gasteiger partial charge in [-0.3, -0.25) is 10.1 Å². The lowest BCUT2D eigenvalue weighted by atomic mass is 10.0. The molecular formula is C7H13N3O. The Hall–Kier alpha value is -1.06. The molecule has 0 aromatic heterocycles. The molecule has 4 heteroatoms. The highest BCUT2D eigenvalue weighted by atomic mass is 16.1. The standard InChI is InChI=1S/C7H13N3O/c1-4(2)5-3-6(11)10-7(8)9-5/h4-5H,3H2,1-2H3,(H3,8,9,10,11). The Kier molecular flexibility index (Phi) is 2.12. The third-order valence-electron chi connectivity index (χ3n) is 1.74. The monoisotopic (exact) mass is 155 g/mol. The van der Waals surface area contributed by atoms with E-state index in [0.717, 1.165) is 0 Å². The number of aliphatic imine (C=N–C) groups is 1. The molecule has 62 valence electrons. The number of nitrogens with one attached hydrogen (secondary N) is 1. The van der Waals surface area contributed by atoms with Crippen molar-refractivity contribution in [2.24, 2.45) is 16.6 Å². The summed E-state index contributed by atoms with van der Waals surface area (Å²) >= 11 is 0. The van der Waals surface area contributed by atoms with Gasteiger partial charge in [-0.1, -0.05) is 13.8 Å². The van der Waals surface area contributed by atoms with Crippen LogP contribution in [-0.4, -0.2) is 17.9 Å². The molecule has 1 atom stereocenters. The lowest BCUT2D eigenvalue weighted by molar-refractivity contribution is -0.120. The van der Waals surface area contributed by atoms with Crippen molar-refractivity contribution in [3.63, 3.8) is 0 Å². The zero-order valence-corrected chi connectivity index (χ0v) is 6.79. The van der Waals surface area contributed by atoms with Crippen LogP contribution in [-0.2, 0) is 4.79 Å². The Morgan fingerprint density at radius 1 is 1.73 bits per heavy atom. The summed E-state index contributed by atoms with van der Waals surface area (Å²) in [5.74, 6) is 0.593. The van der Waals surface area contributed by atoms with Gasteiger partial charge in [-0.25, -0.2) is 4.99 Å². The van der Waals surface area contributed by atoms with E-state index in [4.69, 9.17) is 5.73 Å². The molecule has 1 rings (SSSR count). The highest BCUT2D eigenvalue weighted by Gasteiger charge is 2.21. The number of amides is 1. The molecule has 1 unspecified atom stereocenters. The van der Waals surface area contributed by atoms with Crippen molar-refractivity contribution < 1.29 is 4.79 Å². The van der Waals surface area contributed by atoms with Gasteiger partial charge in [-0.2, -0.15) is 0 Å². The van der Waals surface area contributed by atoms with Crippen molar-refractivity contribution in [3.8, 4) is 0 Å². The van der Waals surface area contributed by atoms with E-state index < -0.39 is 0 Å². The summed E-state index contributed by atoms with van der Waals surface area (Å²) in [5.41, 5.74) is 5.37. The Balaban J connectivity index is 2.69. The van der Waals surface area contributed by atoms with E-state index in [1.54, 1.807) is 0 Å². The Bertz CT molecular complexity index is 198. The summed E-state index contributed by atoms with van der Waals surface area (Å²) in [4.78, 5) is 15.0. The minimum Gasteiger partial charge on any atom is -0.370 e. The number of guanidine groups is 1. The molecule has 0 bridgehead atoms. The zero-order valence-electron chi connectivity index (χ0n) is 6.79. The summed E-state index contributed by atoms with van der Waals surface area (Å²) in [7, 11) is 0. The second-order valence-corrected chi connectivity index (χ2v) is 3.08. The normalized spacial score (nSPS) is 24.8. The molecule has 1 amide bonds. The van der Waals surface area contributed by atoms with Crippen LogP contribution in [0.2, 0.25) is 0 Å². The maximum atomic E-state index is 10.9. The van der Waals surface area contributed by atoms with Crippen LogP contribution in [0.15, 0.2) is 4.99 Å². The van der Waals surface area contributed by atoms with Gasteiger partial charge in [0, 0.05) is 6.42 Å². The van der Waals surface area contributed by atoms with Crippen molar-refractivity contribution >= 4 is 11.9 Å². The average Bonchev–Trinajstić information content (AvgIpc) is 1.85. The van der Waals surface area contributed by atoms with Gasteiger partial charge >= 0.3 is 0 Å². The fraction of sp³-hybridized carbons (Fsp3) is 0.714. The van der Waals surface area contributed by atoms with Crippen LogP contribution in [0.5, 0.6) is 0 Å². The summed E-state index contributed by atoms with van der Waals surface area (Å²) in [6.45, 7) is 4.06. The van der Waals surface area contributed by atoms with Gasteiger partial charge in [0.15, 0.2) is 5.96 Å². The van der Waals surface area contributed by atoms with Crippen LogP contribution in [0, 0.1) is 5.92 Å². The van der Waals surface area contributed by atoms with Crippen molar-refractivity contribution in [1.29, 1.82) is 0 Å². The topological polar surface area (TPSA) is 67.5 Å². The average molecular weight is 155 g/mol. The van der Waals surface area contributed by atoms with E-state index in [9.17, 15) is 4.79 Å². The largest absolute Gasteiger partial charge is 0.370 e. The molecule has 1 heterocycles. The third kappa shape index (κ3) is 1.93. The van der Waals surface area contributed by atoms with Crippen LogP contribution in [0.1, 0.15) is 20.3 Å². The first-order valence-corrected chi connectivity index (χ1v) is 3.72. The summed E-state index contributed by atoms with van der Waals surface area (Å²) < 4.78 is 0. The summed E-state index contributed by atoms with van der Waals surface area (Å²) in [6.07, 6.45) is 0.457. The highest BCUT2D eigenvalue weighted by Crippen LogP contribution is 2.12. The molecule has 0 spiro atoms. The van der Waals surface area contributed by atoms with Gasteiger partial charge in [0.05, 0.1) is 6.04 Å². The lowest BCUT2D eigenvalue weighted by Crippen LogP contribution is -2.44. The van der Waals surface area contributed by atoms with E-state index in [1.165, 1.54) is 0 Å². The molecule has 1 aliphatic rings. The van der Waals surface area contributed by atoms with Gasteiger partial charge in [-0.15, -0.1) is 0 Å². The number of hydrogen-bond acceptors (Lipinski definition) is 3. The molecule has 11 heavy (non-hydrogen) atoms. The van der Waals surface area contributed by atoms with Gasteiger partial charge in [-0.05, 0) is 5.92 Å². The van der Waals surface area contributed by atoms with Crippen LogP contribution in [0.4, 0.5) is 0 Å². The van der Waals surface area contributed by atoms with Crippen LogP contribution < -0.4 is 11.1 Å². The maximum absolute atomic E-state index is 10.9. The van der Waals surface area contributed by atoms with E-state index >= 15 is 0 Å². The second-order valence-electron chi connectivity index (χ2n) is 3.08. The minimum atomic E-state index is -0.0313. The quantitative estimate of drug-likeness (QED) is 0.552. The molecule has 0 aliphatic carbocycles. The molecule has 0 aromatic carbocycles. The Morgan fingerprint density at radius 3 is 2.82 bits per heavy atom. The predicted molar refractivity (Wildman–Crippen MR) is 43.0 cm³/mol. The van der Waals surface area contributed by atoms with Gasteiger partial charge in [0.2, 0.25) is 5.91 Å². The fourth-order valence-corrected chi connectivity index (χ4v) is 1.03. The first-order valence-electron chi connectivity index (χ1n) is 3.72. The SMILES string of the molecule is CC(C)C1CC(=O)NC(N)=N1. The van der Waals surface area contributed by atoms with Gasteiger partial charge in [0.1, 0.15) is 0 Å². The molecule has 0 fully saturated rings. The van der Waals surface area contributed by atoms with E-state index in [1.807, 2.05) is 13.8 Å². The van der Waals surface area contributed by atoms with E-state index in [-0.39, 0.29) is 17.9 Å². The molecule has 3 N–H and O–H groups in total. The fourth-order valence-electron chi connectivity index (χ4n) is 1.03. The first kappa shape index (κ1) is 8.04. The molecule has 4 nitrogen and oxygen atoms in total. The molecule has 1 aliphatic heterocycles. The molecule has 0 radical (unpaired) electrons. The van der Waals surface area contributed by atoms with Crippen LogP contribution in [0.25, 0.3) is 0 Å². The minimum absolute atomic E-state index is 0.0313. The molecule has 0 saturated carbocycles. The molecule has 0 aromatic rings. The summed E-state index contributed by atoms with van der Waals surface area (Å²) in [6, 6.07) is 0.0590. The smallest absolute Gasteiger partial charge is 0.228 e.